The maximum Gasteiger partial charge on any atom is 0.192 e. The van der Waals surface area contributed by atoms with Gasteiger partial charge in [-0.3, -0.25) is 9.80 Å². The fraction of sp³-hybridized carbons (Fsp3) is 0.258. The van der Waals surface area contributed by atoms with Crippen LogP contribution >= 0.6 is 0 Å². The molecule has 0 saturated carbocycles. The van der Waals surface area contributed by atoms with Crippen LogP contribution in [0.1, 0.15) is 78.5 Å². The van der Waals surface area contributed by atoms with Crippen LogP contribution in [0.25, 0.3) is 12.2 Å². The van der Waals surface area contributed by atoms with Gasteiger partial charge < -0.3 is 18.4 Å². The van der Waals surface area contributed by atoms with E-state index in [1.807, 2.05) is 6.08 Å². The van der Waals surface area contributed by atoms with Crippen LogP contribution < -0.4 is 0 Å². The van der Waals surface area contributed by atoms with Crippen molar-refractivity contribution in [3.63, 3.8) is 0 Å². The second-order valence-corrected chi connectivity index (χ2v) is 24.9. The van der Waals surface area contributed by atoms with Crippen molar-refractivity contribution in [2.24, 2.45) is 0 Å². The third kappa shape index (κ3) is 10.4. The van der Waals surface area contributed by atoms with Gasteiger partial charge in [0.25, 0.3) is 0 Å². The summed E-state index contributed by atoms with van der Waals surface area (Å²) in [6, 6.07) is 64.7. The number of benzene rings is 6. The van der Waals surface area contributed by atoms with E-state index in [4.69, 9.17) is 13.3 Å². The molecule has 0 amide bonds. The molecule has 2 aliphatic rings. The first-order chi connectivity index (χ1) is 34.5. The third-order valence-corrected chi connectivity index (χ3v) is 19.3. The third-order valence-electron chi connectivity index (χ3n) is 14.8. The highest BCUT2D eigenvalue weighted by Crippen LogP contribution is 2.47. The molecule has 2 saturated heterocycles. The average molecular weight is 959 g/mol. The van der Waals surface area contributed by atoms with Crippen LogP contribution in [0.15, 0.2) is 227 Å². The molecule has 2 aliphatic heterocycles. The first kappa shape index (κ1) is 49.3. The van der Waals surface area contributed by atoms with Crippen molar-refractivity contribution in [3.05, 3.63) is 263 Å². The Balaban J connectivity index is 0.000000179. The number of aromatic nitrogens is 2. The highest BCUT2D eigenvalue weighted by atomic mass is 28.4. The molecule has 71 heavy (non-hydrogen) atoms. The summed E-state index contributed by atoms with van der Waals surface area (Å²) in [5, 5.41) is 10.9. The molecule has 2 fully saturated rings. The maximum atomic E-state index is 10.8. The smallest absolute Gasteiger partial charge is 0.192 e. The molecular weight excluding hydrogens is 893 g/mol. The molecule has 362 valence electrons. The molecule has 9 heteroatoms. The molecule has 8 nitrogen and oxygen atoms in total. The number of oxazole rings is 2. The number of hydrogen-bond donors (Lipinski definition) is 1. The fourth-order valence-corrected chi connectivity index (χ4v) is 11.7. The molecule has 10 rings (SSSR count). The van der Waals surface area contributed by atoms with Crippen molar-refractivity contribution < 1.29 is 18.4 Å². The molecule has 0 bridgehead atoms. The van der Waals surface area contributed by atoms with Gasteiger partial charge in [-0.1, -0.05) is 203 Å². The Kier molecular flexibility index (Phi) is 15.1. The summed E-state index contributed by atoms with van der Waals surface area (Å²) in [6.07, 6.45) is 11.5. The Bertz CT molecular complexity index is 2730. The van der Waals surface area contributed by atoms with E-state index in [0.29, 0.717) is 18.7 Å². The van der Waals surface area contributed by atoms with E-state index in [0.717, 1.165) is 37.4 Å². The van der Waals surface area contributed by atoms with Gasteiger partial charge in [0, 0.05) is 26.2 Å². The van der Waals surface area contributed by atoms with Gasteiger partial charge in [-0.25, -0.2) is 9.97 Å². The summed E-state index contributed by atoms with van der Waals surface area (Å²) in [5.74, 6) is 1.42. The molecule has 0 spiro atoms. The van der Waals surface area contributed by atoms with E-state index in [2.05, 4.69) is 242 Å². The number of nitrogens with zero attached hydrogens (tertiary/aromatic N) is 4. The van der Waals surface area contributed by atoms with Crippen LogP contribution in [-0.4, -0.2) is 71.6 Å². The number of aliphatic hydroxyl groups excluding tert-OH is 1. The quantitative estimate of drug-likeness (QED) is 0.0957. The lowest BCUT2D eigenvalue weighted by atomic mass is 9.74. The van der Waals surface area contributed by atoms with Crippen molar-refractivity contribution >= 4 is 20.5 Å². The van der Waals surface area contributed by atoms with E-state index in [1.54, 1.807) is 12.4 Å². The number of piperidine rings is 2. The van der Waals surface area contributed by atoms with Crippen LogP contribution in [0.4, 0.5) is 0 Å². The second kappa shape index (κ2) is 21.7. The predicted octanol–water partition coefficient (Wildman–Crippen LogP) is 13.3. The summed E-state index contributed by atoms with van der Waals surface area (Å²) >= 11 is 0. The van der Waals surface area contributed by atoms with Crippen molar-refractivity contribution in [2.45, 2.75) is 75.0 Å². The van der Waals surface area contributed by atoms with Gasteiger partial charge in [0.15, 0.2) is 21.1 Å². The van der Waals surface area contributed by atoms with Crippen LogP contribution in [0.5, 0.6) is 0 Å². The van der Waals surface area contributed by atoms with Crippen molar-refractivity contribution in [2.75, 3.05) is 26.2 Å². The minimum Gasteiger partial charge on any atom is -0.444 e. The standard InChI is InChI=1S/C34H40N2O2Si.C28H26N2O2/c1-33(2,3)39(4,5)38-32-21-22-36(25-27(32)23-31-24-35-26-37-31)34(28-15-9-6-10-16-28,29-17-11-7-12-18-29)30-19-13-8-14-20-30;31-27-16-17-30(20-22(27)18-26-19-29-21-32-26)28(23-10-4-1-5-11-23,24-12-6-2-7-13-24)25-14-8-3-9-15-25/h6-20,23-24,26,32H,21-22,25H2,1-5H3;1-15,18-19,21,27,31H,16-17,20H2/b27-23+;22-18+. The van der Waals surface area contributed by atoms with Gasteiger partial charge in [0.2, 0.25) is 0 Å². The van der Waals surface area contributed by atoms with E-state index in [9.17, 15) is 5.11 Å². The van der Waals surface area contributed by atoms with Crippen molar-refractivity contribution in [3.8, 4) is 0 Å². The van der Waals surface area contributed by atoms with Gasteiger partial charge in [-0.15, -0.1) is 0 Å². The van der Waals surface area contributed by atoms with E-state index in [1.165, 1.54) is 51.7 Å². The van der Waals surface area contributed by atoms with Crippen LogP contribution in [0.3, 0.4) is 0 Å². The molecule has 0 radical (unpaired) electrons. The van der Waals surface area contributed by atoms with E-state index >= 15 is 0 Å². The van der Waals surface area contributed by atoms with Gasteiger partial charge in [-0.2, -0.15) is 0 Å². The Morgan fingerprint density at radius 2 is 0.831 bits per heavy atom. The van der Waals surface area contributed by atoms with E-state index in [-0.39, 0.29) is 11.1 Å². The van der Waals surface area contributed by atoms with Crippen molar-refractivity contribution in [1.82, 2.24) is 19.8 Å². The minimum absolute atomic E-state index is 0.0345. The van der Waals surface area contributed by atoms with Crippen LogP contribution in [0.2, 0.25) is 18.1 Å². The molecule has 1 N–H and O–H groups in total. The van der Waals surface area contributed by atoms with Gasteiger partial charge >= 0.3 is 0 Å². The lowest BCUT2D eigenvalue weighted by molar-refractivity contribution is 0.0871. The topological polar surface area (TPSA) is 88.0 Å². The van der Waals surface area contributed by atoms with Crippen LogP contribution in [-0.2, 0) is 15.5 Å². The predicted molar refractivity (Wildman–Crippen MR) is 288 cm³/mol. The minimum atomic E-state index is -2.00. The first-order valence-corrected chi connectivity index (χ1v) is 27.8. The Labute approximate surface area is 421 Å². The zero-order chi connectivity index (χ0) is 49.3. The fourth-order valence-electron chi connectivity index (χ4n) is 10.4. The summed E-state index contributed by atoms with van der Waals surface area (Å²) in [5.41, 5.74) is 8.57. The van der Waals surface area contributed by atoms with Gasteiger partial charge in [-0.05, 0) is 87.7 Å². The van der Waals surface area contributed by atoms with Gasteiger partial charge in [0.1, 0.15) is 11.5 Å². The number of rotatable bonds is 12. The molecule has 2 atom stereocenters. The Morgan fingerprint density at radius 3 is 1.15 bits per heavy atom. The zero-order valence-corrected chi connectivity index (χ0v) is 42.6. The number of aliphatic hydroxyl groups is 1. The summed E-state index contributed by atoms with van der Waals surface area (Å²) in [6.45, 7) is 14.6. The lowest BCUT2D eigenvalue weighted by Crippen LogP contribution is -2.55. The van der Waals surface area contributed by atoms with E-state index < -0.39 is 25.5 Å². The molecule has 4 heterocycles. The molecule has 6 aromatic carbocycles. The zero-order valence-electron chi connectivity index (χ0n) is 41.6. The number of hydrogen-bond acceptors (Lipinski definition) is 8. The molecule has 8 aromatic rings. The highest BCUT2D eigenvalue weighted by molar-refractivity contribution is 6.74. The maximum absolute atomic E-state index is 10.8. The molecule has 2 aromatic heterocycles. The average Bonchev–Trinajstić information content (AvgIpc) is 4.13. The summed E-state index contributed by atoms with van der Waals surface area (Å²) in [4.78, 5) is 13.3. The SMILES string of the molecule is CC(C)(C)[Si](C)(C)OC1CCN(C(c2ccccc2)(c2ccccc2)c2ccccc2)C/C1=C\c1cnco1.OC1CCN(C(c2ccccc2)(c2ccccc2)c2ccccc2)C/C1=C\c1cnco1. The van der Waals surface area contributed by atoms with Crippen LogP contribution in [0, 0.1) is 0 Å². The molecular formula is C62H66N4O4Si. The second-order valence-electron chi connectivity index (χ2n) is 20.2. The first-order valence-electron chi connectivity index (χ1n) is 24.9. The summed E-state index contributed by atoms with van der Waals surface area (Å²) < 4.78 is 18.2. The lowest BCUT2D eigenvalue weighted by Gasteiger charge is -2.50. The molecule has 0 aliphatic carbocycles. The molecule has 2 unspecified atom stereocenters. The van der Waals surface area contributed by atoms with Gasteiger partial charge in [0.05, 0.1) is 35.7 Å². The van der Waals surface area contributed by atoms with Crippen molar-refractivity contribution in [1.29, 1.82) is 0 Å². The monoisotopic (exact) mass is 958 g/mol. The normalized spacial score (nSPS) is 18.5. The largest absolute Gasteiger partial charge is 0.444 e. The highest BCUT2D eigenvalue weighted by Gasteiger charge is 2.47. The Hall–Kier alpha value is -6.72. The number of likely N-dealkylation sites (tertiary alicyclic amines) is 2. The summed E-state index contributed by atoms with van der Waals surface area (Å²) in [7, 11) is -2.00. The Morgan fingerprint density at radius 1 is 0.507 bits per heavy atom.